The van der Waals surface area contributed by atoms with E-state index in [0.29, 0.717) is 6.10 Å². The molecule has 1 aliphatic rings. The van der Waals surface area contributed by atoms with E-state index in [4.69, 9.17) is 4.74 Å². The summed E-state index contributed by atoms with van der Waals surface area (Å²) in [6.45, 7) is 4.18. The van der Waals surface area contributed by atoms with Gasteiger partial charge in [-0.2, -0.15) is 0 Å². The third-order valence-electron chi connectivity index (χ3n) is 2.35. The number of hydrogen-bond donors (Lipinski definition) is 0. The van der Waals surface area contributed by atoms with E-state index >= 15 is 0 Å². The van der Waals surface area contributed by atoms with Gasteiger partial charge in [0.25, 0.3) is 0 Å². The molecule has 13 heavy (non-hydrogen) atoms. The fourth-order valence-electron chi connectivity index (χ4n) is 1.53. The van der Waals surface area contributed by atoms with Gasteiger partial charge in [-0.05, 0) is 26.1 Å². The summed E-state index contributed by atoms with van der Waals surface area (Å²) in [5.74, 6) is 0.990. The summed E-state index contributed by atoms with van der Waals surface area (Å²) in [6.07, 6.45) is 0.396. The lowest BCUT2D eigenvalue weighted by atomic mass is 10.2. The molecule has 1 aliphatic heterocycles. The molecule has 2 heteroatoms. The van der Waals surface area contributed by atoms with Gasteiger partial charge < -0.3 is 4.74 Å². The van der Waals surface area contributed by atoms with Crippen molar-refractivity contribution in [2.45, 2.75) is 13.0 Å². The molecule has 0 aromatic heterocycles. The van der Waals surface area contributed by atoms with Crippen molar-refractivity contribution < 1.29 is 4.74 Å². The van der Waals surface area contributed by atoms with E-state index in [1.807, 2.05) is 12.1 Å². The third kappa shape index (κ3) is 2.01. The number of nitrogens with zero attached hydrogens (tertiary/aromatic N) is 1. The second-order valence-electron chi connectivity index (χ2n) is 3.77. The van der Waals surface area contributed by atoms with Crippen LogP contribution in [-0.4, -0.2) is 31.1 Å². The lowest BCUT2D eigenvalue weighted by Crippen LogP contribution is -2.51. The van der Waals surface area contributed by atoms with Crippen LogP contribution in [0.1, 0.15) is 5.56 Å². The Bertz CT molecular complexity index is 275. The second kappa shape index (κ2) is 3.38. The number of rotatable bonds is 2. The van der Waals surface area contributed by atoms with Crippen LogP contribution in [0, 0.1) is 6.92 Å². The van der Waals surface area contributed by atoms with Gasteiger partial charge in [0.05, 0.1) is 0 Å². The number of aryl methyl sites for hydroxylation is 1. The molecule has 70 valence electrons. The van der Waals surface area contributed by atoms with Crippen molar-refractivity contribution in [1.82, 2.24) is 4.90 Å². The molecule has 0 amide bonds. The van der Waals surface area contributed by atoms with E-state index in [0.717, 1.165) is 18.8 Å². The minimum Gasteiger partial charge on any atom is -0.488 e. The number of hydrogen-bond acceptors (Lipinski definition) is 2. The molecule has 0 spiro atoms. The lowest BCUT2D eigenvalue weighted by molar-refractivity contribution is 0.0388. The van der Waals surface area contributed by atoms with Gasteiger partial charge in [-0.15, -0.1) is 0 Å². The van der Waals surface area contributed by atoms with Gasteiger partial charge in [0.1, 0.15) is 11.9 Å². The monoisotopic (exact) mass is 177 g/mol. The summed E-state index contributed by atoms with van der Waals surface area (Å²) in [5.41, 5.74) is 1.28. The minimum absolute atomic E-state index is 0.396. The molecule has 2 nitrogen and oxygen atoms in total. The number of likely N-dealkylation sites (tertiary alicyclic amines) is 1. The first-order chi connectivity index (χ1) is 6.24. The lowest BCUT2D eigenvalue weighted by Gasteiger charge is -2.35. The highest BCUT2D eigenvalue weighted by molar-refractivity contribution is 5.26. The minimum atomic E-state index is 0.396. The summed E-state index contributed by atoms with van der Waals surface area (Å²) in [5, 5.41) is 0. The van der Waals surface area contributed by atoms with Crippen molar-refractivity contribution in [3.05, 3.63) is 29.8 Å². The number of benzene rings is 1. The molecule has 2 rings (SSSR count). The van der Waals surface area contributed by atoms with Crippen LogP contribution in [0.3, 0.4) is 0 Å². The number of likely N-dealkylation sites (N-methyl/N-ethyl adjacent to an activating group) is 1. The van der Waals surface area contributed by atoms with Gasteiger partial charge in [0, 0.05) is 13.1 Å². The van der Waals surface area contributed by atoms with Crippen molar-refractivity contribution in [3.63, 3.8) is 0 Å². The van der Waals surface area contributed by atoms with Gasteiger partial charge in [-0.1, -0.05) is 17.7 Å². The molecule has 0 radical (unpaired) electrons. The van der Waals surface area contributed by atoms with Gasteiger partial charge in [0.15, 0.2) is 0 Å². The molecular weight excluding hydrogens is 162 g/mol. The Morgan fingerprint density at radius 2 is 1.85 bits per heavy atom. The van der Waals surface area contributed by atoms with Crippen LogP contribution in [-0.2, 0) is 0 Å². The molecule has 1 saturated heterocycles. The average molecular weight is 177 g/mol. The summed E-state index contributed by atoms with van der Waals surface area (Å²) in [4.78, 5) is 2.25. The molecule has 0 N–H and O–H groups in total. The quantitative estimate of drug-likeness (QED) is 0.681. The highest BCUT2D eigenvalue weighted by Crippen LogP contribution is 2.17. The van der Waals surface area contributed by atoms with E-state index in [9.17, 15) is 0 Å². The highest BCUT2D eigenvalue weighted by atomic mass is 16.5. The maximum atomic E-state index is 5.73. The summed E-state index contributed by atoms with van der Waals surface area (Å²) in [7, 11) is 2.11. The maximum Gasteiger partial charge on any atom is 0.124 e. The van der Waals surface area contributed by atoms with E-state index < -0.39 is 0 Å². The largest absolute Gasteiger partial charge is 0.488 e. The van der Waals surface area contributed by atoms with Crippen LogP contribution in [0.25, 0.3) is 0 Å². The normalized spacial score (nSPS) is 18.3. The number of ether oxygens (including phenoxy) is 1. The average Bonchev–Trinajstić information content (AvgIpc) is 2.06. The topological polar surface area (TPSA) is 12.5 Å². The fraction of sp³-hybridized carbons (Fsp3) is 0.455. The summed E-state index contributed by atoms with van der Waals surface area (Å²) in [6, 6.07) is 8.23. The summed E-state index contributed by atoms with van der Waals surface area (Å²) >= 11 is 0. The first-order valence-electron chi connectivity index (χ1n) is 4.66. The van der Waals surface area contributed by atoms with E-state index in [1.54, 1.807) is 0 Å². The zero-order valence-electron chi connectivity index (χ0n) is 8.16. The zero-order chi connectivity index (χ0) is 9.26. The molecule has 0 atom stereocenters. The molecule has 0 unspecified atom stereocenters. The van der Waals surface area contributed by atoms with Crippen LogP contribution >= 0.6 is 0 Å². The Hall–Kier alpha value is -1.02. The molecule has 1 fully saturated rings. The smallest absolute Gasteiger partial charge is 0.124 e. The predicted octanol–water partition coefficient (Wildman–Crippen LogP) is 1.69. The SMILES string of the molecule is Cc1ccc(OC2CN(C)C2)cc1. The van der Waals surface area contributed by atoms with E-state index in [2.05, 4.69) is 31.0 Å². The van der Waals surface area contributed by atoms with Crippen molar-refractivity contribution >= 4 is 0 Å². The Kier molecular flexibility index (Phi) is 2.23. The maximum absolute atomic E-state index is 5.73. The predicted molar refractivity (Wildman–Crippen MR) is 53.1 cm³/mol. The van der Waals surface area contributed by atoms with E-state index in [1.165, 1.54) is 5.56 Å². The first kappa shape index (κ1) is 8.57. The second-order valence-corrected chi connectivity index (χ2v) is 3.77. The first-order valence-corrected chi connectivity index (χ1v) is 4.66. The van der Waals surface area contributed by atoms with Gasteiger partial charge in [0.2, 0.25) is 0 Å². The van der Waals surface area contributed by atoms with Crippen LogP contribution in [0.15, 0.2) is 24.3 Å². The Morgan fingerprint density at radius 1 is 1.23 bits per heavy atom. The van der Waals surface area contributed by atoms with Crippen LogP contribution in [0.2, 0.25) is 0 Å². The van der Waals surface area contributed by atoms with Crippen molar-refractivity contribution in [2.75, 3.05) is 20.1 Å². The molecule has 1 heterocycles. The summed E-state index contributed by atoms with van der Waals surface area (Å²) < 4.78 is 5.73. The fourth-order valence-corrected chi connectivity index (χ4v) is 1.53. The molecule has 0 bridgehead atoms. The van der Waals surface area contributed by atoms with Crippen LogP contribution in [0.5, 0.6) is 5.75 Å². The van der Waals surface area contributed by atoms with Crippen molar-refractivity contribution in [2.24, 2.45) is 0 Å². The molecular formula is C11H15NO. The van der Waals surface area contributed by atoms with E-state index in [-0.39, 0.29) is 0 Å². The Morgan fingerprint density at radius 3 is 2.38 bits per heavy atom. The molecule has 1 aromatic carbocycles. The standard InChI is InChI=1S/C11H15NO/c1-9-3-5-10(6-4-9)13-11-7-12(2)8-11/h3-6,11H,7-8H2,1-2H3. The molecule has 0 aliphatic carbocycles. The van der Waals surface area contributed by atoms with Crippen LogP contribution < -0.4 is 4.74 Å². The Balaban J connectivity index is 1.91. The third-order valence-corrected chi connectivity index (χ3v) is 2.35. The van der Waals surface area contributed by atoms with Gasteiger partial charge >= 0.3 is 0 Å². The van der Waals surface area contributed by atoms with Gasteiger partial charge in [-0.25, -0.2) is 0 Å². The van der Waals surface area contributed by atoms with Crippen LogP contribution in [0.4, 0.5) is 0 Å². The Labute approximate surface area is 79.1 Å². The van der Waals surface area contributed by atoms with Crippen molar-refractivity contribution in [1.29, 1.82) is 0 Å². The molecule has 1 aromatic rings. The molecule has 0 saturated carbocycles. The highest BCUT2D eigenvalue weighted by Gasteiger charge is 2.24. The van der Waals surface area contributed by atoms with Gasteiger partial charge in [-0.3, -0.25) is 4.90 Å². The zero-order valence-corrected chi connectivity index (χ0v) is 8.16. The van der Waals surface area contributed by atoms with Crippen molar-refractivity contribution in [3.8, 4) is 5.75 Å².